The zero-order valence-electron chi connectivity index (χ0n) is 14.5. The number of aromatic nitrogens is 2. The first-order chi connectivity index (χ1) is 12.3. The van der Waals surface area contributed by atoms with Crippen LogP contribution in [0.15, 0.2) is 48.5 Å². The Morgan fingerprint density at radius 2 is 1.73 bits per heavy atom. The van der Waals surface area contributed by atoms with Gasteiger partial charge in [-0.1, -0.05) is 30.3 Å². The molecule has 8 heteroatoms. The minimum absolute atomic E-state index is 0.188. The molecule has 1 aromatic heterocycles. The normalized spacial score (nSPS) is 11.3. The van der Waals surface area contributed by atoms with Crippen LogP contribution in [0.4, 0.5) is 5.82 Å². The Balaban J connectivity index is 2.29. The topological polar surface area (TPSA) is 89.5 Å². The summed E-state index contributed by atoms with van der Waals surface area (Å²) < 4.78 is 29.9. The average molecular weight is 371 g/mol. The number of benzene rings is 2. The zero-order chi connectivity index (χ0) is 18.9. The first-order valence-electron chi connectivity index (χ1n) is 7.70. The van der Waals surface area contributed by atoms with Crippen molar-refractivity contribution >= 4 is 32.8 Å². The highest BCUT2D eigenvalue weighted by Crippen LogP contribution is 2.30. The number of nitrogens with zero attached hydrogens (tertiary/aromatic N) is 3. The Morgan fingerprint density at radius 3 is 2.35 bits per heavy atom. The minimum atomic E-state index is -3.55. The molecular formula is C18H17N3O4S. The lowest BCUT2D eigenvalue weighted by Gasteiger charge is -2.19. The summed E-state index contributed by atoms with van der Waals surface area (Å²) in [6.45, 7) is 0. The van der Waals surface area contributed by atoms with Crippen molar-refractivity contribution < 1.29 is 17.9 Å². The lowest BCUT2D eigenvalue weighted by atomic mass is 10.1. The highest BCUT2D eigenvalue weighted by Gasteiger charge is 2.21. The first kappa shape index (κ1) is 17.8. The van der Waals surface area contributed by atoms with Crippen LogP contribution in [0.3, 0.4) is 0 Å². The summed E-state index contributed by atoms with van der Waals surface area (Å²) in [5.41, 5.74) is 2.44. The molecule has 3 aromatic rings. The molecule has 0 spiro atoms. The third-order valence-corrected chi connectivity index (χ3v) is 5.08. The Bertz CT molecular complexity index is 1080. The van der Waals surface area contributed by atoms with Crippen LogP contribution in [0, 0.1) is 0 Å². The van der Waals surface area contributed by atoms with Crippen molar-refractivity contribution in [2.75, 3.05) is 24.7 Å². The van der Waals surface area contributed by atoms with E-state index in [9.17, 15) is 13.2 Å². The number of ether oxygens (including phenoxy) is 1. The molecule has 0 N–H and O–H groups in total. The number of hydrogen-bond donors (Lipinski definition) is 0. The molecule has 0 radical (unpaired) electrons. The molecular weight excluding hydrogens is 354 g/mol. The number of methoxy groups -OCH3 is 1. The van der Waals surface area contributed by atoms with Gasteiger partial charge in [0.15, 0.2) is 5.82 Å². The van der Waals surface area contributed by atoms with Crippen molar-refractivity contribution in [3.05, 3.63) is 54.1 Å². The molecule has 1 heterocycles. The molecule has 0 bridgehead atoms. The summed E-state index contributed by atoms with van der Waals surface area (Å²) in [4.78, 5) is 20.8. The van der Waals surface area contributed by atoms with Gasteiger partial charge in [-0.05, 0) is 18.2 Å². The van der Waals surface area contributed by atoms with Crippen LogP contribution >= 0.6 is 0 Å². The lowest BCUT2D eigenvalue weighted by Crippen LogP contribution is -2.26. The van der Waals surface area contributed by atoms with Gasteiger partial charge >= 0.3 is 5.97 Å². The maximum absolute atomic E-state index is 12.1. The average Bonchev–Trinajstić information content (AvgIpc) is 2.65. The molecule has 0 saturated carbocycles. The Labute approximate surface area is 151 Å². The van der Waals surface area contributed by atoms with Crippen LogP contribution in [-0.4, -0.2) is 44.8 Å². The fourth-order valence-electron chi connectivity index (χ4n) is 2.46. The van der Waals surface area contributed by atoms with Crippen LogP contribution in [0.5, 0.6) is 0 Å². The SMILES string of the molecule is COC(=O)c1ccc2nc(-c3ccccc3)c(N(C)S(C)(=O)=O)nc2c1. The summed E-state index contributed by atoms with van der Waals surface area (Å²) in [6.07, 6.45) is 1.10. The van der Waals surface area contributed by atoms with Gasteiger partial charge in [0, 0.05) is 12.6 Å². The van der Waals surface area contributed by atoms with Gasteiger partial charge in [-0.25, -0.2) is 23.2 Å². The smallest absolute Gasteiger partial charge is 0.337 e. The highest BCUT2D eigenvalue weighted by atomic mass is 32.2. The molecule has 26 heavy (non-hydrogen) atoms. The molecule has 3 rings (SSSR count). The van der Waals surface area contributed by atoms with Crippen LogP contribution < -0.4 is 4.31 Å². The summed E-state index contributed by atoms with van der Waals surface area (Å²) in [5, 5.41) is 0. The van der Waals surface area contributed by atoms with Gasteiger partial charge in [-0.15, -0.1) is 0 Å². The van der Waals surface area contributed by atoms with Crippen LogP contribution in [0.1, 0.15) is 10.4 Å². The third kappa shape index (κ3) is 3.36. The molecule has 134 valence electrons. The van der Waals surface area contributed by atoms with Crippen molar-refractivity contribution in [1.29, 1.82) is 0 Å². The summed E-state index contributed by atoms with van der Waals surface area (Å²) >= 11 is 0. The van der Waals surface area contributed by atoms with Gasteiger partial charge in [-0.2, -0.15) is 0 Å². The second kappa shape index (κ2) is 6.72. The van der Waals surface area contributed by atoms with Crippen molar-refractivity contribution in [2.45, 2.75) is 0 Å². The molecule has 2 aromatic carbocycles. The number of esters is 1. The van der Waals surface area contributed by atoms with Crippen molar-refractivity contribution in [1.82, 2.24) is 9.97 Å². The van der Waals surface area contributed by atoms with E-state index in [1.165, 1.54) is 20.2 Å². The fraction of sp³-hybridized carbons (Fsp3) is 0.167. The van der Waals surface area contributed by atoms with E-state index in [-0.39, 0.29) is 5.82 Å². The lowest BCUT2D eigenvalue weighted by molar-refractivity contribution is 0.0601. The molecule has 0 fully saturated rings. The molecule has 0 aliphatic heterocycles. The van der Waals surface area contributed by atoms with Gasteiger partial charge < -0.3 is 4.74 Å². The van der Waals surface area contributed by atoms with Gasteiger partial charge in [0.05, 0.1) is 30.0 Å². The molecule has 0 amide bonds. The van der Waals surface area contributed by atoms with Crippen molar-refractivity contribution in [2.24, 2.45) is 0 Å². The van der Waals surface area contributed by atoms with Gasteiger partial charge in [0.1, 0.15) is 5.69 Å². The number of rotatable bonds is 4. The molecule has 0 aliphatic rings. The fourth-order valence-corrected chi connectivity index (χ4v) is 2.90. The van der Waals surface area contributed by atoms with Crippen LogP contribution in [0.2, 0.25) is 0 Å². The number of hydrogen-bond acceptors (Lipinski definition) is 6. The zero-order valence-corrected chi connectivity index (χ0v) is 15.3. The van der Waals surface area contributed by atoms with E-state index in [1.54, 1.807) is 12.1 Å². The van der Waals surface area contributed by atoms with E-state index in [0.717, 1.165) is 16.1 Å². The maximum Gasteiger partial charge on any atom is 0.337 e. The largest absolute Gasteiger partial charge is 0.465 e. The first-order valence-corrected chi connectivity index (χ1v) is 9.55. The van der Waals surface area contributed by atoms with E-state index in [1.807, 2.05) is 30.3 Å². The highest BCUT2D eigenvalue weighted by molar-refractivity contribution is 7.92. The maximum atomic E-state index is 12.1. The van der Waals surface area contributed by atoms with E-state index in [4.69, 9.17) is 4.74 Å². The van der Waals surface area contributed by atoms with Crippen molar-refractivity contribution in [3.63, 3.8) is 0 Å². The predicted octanol–water partition coefficient (Wildman–Crippen LogP) is 2.48. The Morgan fingerprint density at radius 1 is 1.04 bits per heavy atom. The predicted molar refractivity (Wildman–Crippen MR) is 99.6 cm³/mol. The van der Waals surface area contributed by atoms with Gasteiger partial charge in [-0.3, -0.25) is 4.31 Å². The molecule has 0 aliphatic carbocycles. The van der Waals surface area contributed by atoms with Crippen LogP contribution in [-0.2, 0) is 14.8 Å². The Hall–Kier alpha value is -3.00. The second-order valence-corrected chi connectivity index (χ2v) is 7.70. The van der Waals surface area contributed by atoms with E-state index < -0.39 is 16.0 Å². The number of anilines is 1. The minimum Gasteiger partial charge on any atom is -0.465 e. The number of carbonyl (C=O) groups excluding carboxylic acids is 1. The van der Waals surface area contributed by atoms with Gasteiger partial charge in [0.25, 0.3) is 0 Å². The summed E-state index contributed by atoms with van der Waals surface area (Å²) in [5.74, 6) is -0.313. The second-order valence-electron chi connectivity index (χ2n) is 5.69. The number of fused-ring (bicyclic) bond motifs is 1. The quantitative estimate of drug-likeness (QED) is 0.655. The molecule has 0 atom stereocenters. The Kier molecular flexibility index (Phi) is 4.60. The third-order valence-electron chi connectivity index (χ3n) is 3.91. The standard InChI is InChI=1S/C18H17N3O4S/c1-21(26(3,23)24)17-16(12-7-5-4-6-8-12)19-14-10-9-13(18(22)25-2)11-15(14)20-17/h4-11H,1-3H3. The number of sulfonamides is 1. The summed E-state index contributed by atoms with van der Waals surface area (Å²) in [7, 11) is -0.837. The van der Waals surface area contributed by atoms with E-state index >= 15 is 0 Å². The molecule has 7 nitrogen and oxygen atoms in total. The summed E-state index contributed by atoms with van der Waals surface area (Å²) in [6, 6.07) is 14.0. The van der Waals surface area contributed by atoms with Gasteiger partial charge in [0.2, 0.25) is 10.0 Å². The van der Waals surface area contributed by atoms with Crippen LogP contribution in [0.25, 0.3) is 22.3 Å². The van der Waals surface area contributed by atoms with E-state index in [2.05, 4.69) is 9.97 Å². The van der Waals surface area contributed by atoms with Crippen molar-refractivity contribution in [3.8, 4) is 11.3 Å². The number of carbonyl (C=O) groups is 1. The molecule has 0 saturated heterocycles. The monoisotopic (exact) mass is 371 g/mol. The van der Waals surface area contributed by atoms with E-state index in [0.29, 0.717) is 22.3 Å². The molecule has 0 unspecified atom stereocenters.